The van der Waals surface area contributed by atoms with Crippen molar-refractivity contribution >= 4 is 6.09 Å². The second-order valence-corrected chi connectivity index (χ2v) is 7.29. The topological polar surface area (TPSA) is 41.6 Å². The number of nitrogens with one attached hydrogen (secondary N) is 1. The van der Waals surface area contributed by atoms with E-state index in [1.54, 1.807) is 0 Å². The highest BCUT2D eigenvalue weighted by Gasteiger charge is 2.37. The minimum Gasteiger partial charge on any atom is -0.448 e. The molecule has 3 saturated heterocycles. The number of carbonyl (C=O) groups excluding carboxylic acids is 1. The van der Waals surface area contributed by atoms with Crippen molar-refractivity contribution in [1.82, 2.24) is 10.2 Å². The zero-order chi connectivity index (χ0) is 16.8. The second-order valence-electron chi connectivity index (χ2n) is 7.29. The van der Waals surface area contributed by atoms with E-state index in [2.05, 4.69) is 53.8 Å². The summed E-state index contributed by atoms with van der Waals surface area (Å²) >= 11 is 0. The van der Waals surface area contributed by atoms with E-state index in [0.29, 0.717) is 18.7 Å². The molecule has 1 aliphatic carbocycles. The summed E-state index contributed by atoms with van der Waals surface area (Å²) in [6.45, 7) is 2.09. The zero-order valence-corrected chi connectivity index (χ0v) is 14.2. The van der Waals surface area contributed by atoms with Crippen LogP contribution in [-0.4, -0.2) is 42.8 Å². The molecule has 1 amide bonds. The molecule has 128 valence electrons. The van der Waals surface area contributed by atoms with Crippen LogP contribution < -0.4 is 5.32 Å². The smallest absolute Gasteiger partial charge is 0.410 e. The average molecular weight is 334 g/mol. The van der Waals surface area contributed by atoms with Gasteiger partial charge in [0.25, 0.3) is 0 Å². The van der Waals surface area contributed by atoms with Crippen molar-refractivity contribution in [1.29, 1.82) is 0 Å². The van der Waals surface area contributed by atoms with Gasteiger partial charge in [-0.2, -0.15) is 0 Å². The van der Waals surface area contributed by atoms with Crippen LogP contribution in [0.15, 0.2) is 48.5 Å². The Hall–Kier alpha value is -2.33. The number of benzene rings is 2. The number of rotatable bonds is 2. The van der Waals surface area contributed by atoms with Gasteiger partial charge < -0.3 is 15.0 Å². The highest BCUT2D eigenvalue weighted by atomic mass is 16.6. The molecule has 6 rings (SSSR count). The quantitative estimate of drug-likeness (QED) is 0.915. The van der Waals surface area contributed by atoms with Gasteiger partial charge in [-0.3, -0.25) is 0 Å². The second kappa shape index (κ2) is 5.88. The standard InChI is InChI=1S/C21H22N2O2/c24-21(23-12-14-9-10-15(23)11-22-14)25-13-20-18-7-3-1-5-16(18)17-6-2-4-8-19(17)20/h1-8,14-15,20,22H,9-13H2/t14-,15-/m0/s1. The van der Waals surface area contributed by atoms with E-state index in [-0.39, 0.29) is 12.0 Å². The summed E-state index contributed by atoms with van der Waals surface area (Å²) in [5.41, 5.74) is 5.05. The Morgan fingerprint density at radius 3 is 2.28 bits per heavy atom. The van der Waals surface area contributed by atoms with Gasteiger partial charge in [-0.15, -0.1) is 0 Å². The van der Waals surface area contributed by atoms with Crippen LogP contribution in [0.1, 0.15) is 29.9 Å². The molecule has 4 nitrogen and oxygen atoms in total. The lowest BCUT2D eigenvalue weighted by atomic mass is 9.93. The summed E-state index contributed by atoms with van der Waals surface area (Å²) in [4.78, 5) is 14.6. The van der Waals surface area contributed by atoms with Crippen LogP contribution in [0.3, 0.4) is 0 Å². The molecule has 2 bridgehead atoms. The van der Waals surface area contributed by atoms with Gasteiger partial charge in [0.2, 0.25) is 0 Å². The number of hydrogen-bond donors (Lipinski definition) is 1. The van der Waals surface area contributed by atoms with E-state index in [0.717, 1.165) is 25.9 Å². The normalized spacial score (nSPS) is 24.1. The Bertz CT molecular complexity index is 766. The van der Waals surface area contributed by atoms with Gasteiger partial charge in [0, 0.05) is 31.1 Å². The lowest BCUT2D eigenvalue weighted by Crippen LogP contribution is -2.62. The number of piperidine rings is 2. The fourth-order valence-corrected chi connectivity index (χ4v) is 4.61. The molecule has 1 N–H and O–H groups in total. The molecule has 3 heterocycles. The maximum atomic E-state index is 12.6. The Kier molecular flexibility index (Phi) is 3.52. The summed E-state index contributed by atoms with van der Waals surface area (Å²) in [5, 5.41) is 3.48. The first-order chi connectivity index (χ1) is 12.3. The average Bonchev–Trinajstić information content (AvgIpc) is 3.01. The predicted molar refractivity (Wildman–Crippen MR) is 96.6 cm³/mol. The summed E-state index contributed by atoms with van der Waals surface area (Å²) in [5.74, 6) is 0.136. The van der Waals surface area contributed by atoms with Gasteiger partial charge in [0.15, 0.2) is 0 Å². The zero-order valence-electron chi connectivity index (χ0n) is 14.2. The molecule has 2 aromatic carbocycles. The fraction of sp³-hybridized carbons (Fsp3) is 0.381. The van der Waals surface area contributed by atoms with Crippen molar-refractivity contribution in [3.05, 3.63) is 59.7 Å². The molecule has 0 radical (unpaired) electrons. The van der Waals surface area contributed by atoms with Crippen molar-refractivity contribution in [2.24, 2.45) is 0 Å². The van der Waals surface area contributed by atoms with Crippen molar-refractivity contribution in [2.75, 3.05) is 19.7 Å². The molecule has 2 atom stereocenters. The first-order valence-corrected chi connectivity index (χ1v) is 9.16. The van der Waals surface area contributed by atoms with Gasteiger partial charge in [-0.1, -0.05) is 48.5 Å². The minimum absolute atomic E-state index is 0.136. The fourth-order valence-electron chi connectivity index (χ4n) is 4.61. The number of carbonyl (C=O) groups is 1. The molecule has 0 spiro atoms. The Morgan fingerprint density at radius 1 is 1.04 bits per heavy atom. The summed E-state index contributed by atoms with van der Waals surface area (Å²) in [6, 6.07) is 17.6. The van der Waals surface area contributed by atoms with Crippen LogP contribution in [0.4, 0.5) is 4.79 Å². The van der Waals surface area contributed by atoms with Crippen LogP contribution >= 0.6 is 0 Å². The Labute approximate surface area is 147 Å². The first-order valence-electron chi connectivity index (χ1n) is 9.16. The van der Waals surface area contributed by atoms with E-state index >= 15 is 0 Å². The maximum absolute atomic E-state index is 12.6. The molecule has 3 aliphatic heterocycles. The van der Waals surface area contributed by atoms with Gasteiger partial charge in [0.1, 0.15) is 6.61 Å². The first kappa shape index (κ1) is 15.0. The van der Waals surface area contributed by atoms with Crippen LogP contribution in [0, 0.1) is 0 Å². The van der Waals surface area contributed by atoms with E-state index in [1.165, 1.54) is 22.3 Å². The number of nitrogens with zero attached hydrogens (tertiary/aromatic N) is 1. The SMILES string of the molecule is O=C(OCC1c2ccccc2-c2ccccc21)N1C[C@@H]2CC[C@H]1CN2. The van der Waals surface area contributed by atoms with Crippen LogP contribution in [0.25, 0.3) is 11.1 Å². The Balaban J connectivity index is 1.35. The highest BCUT2D eigenvalue weighted by Crippen LogP contribution is 2.44. The van der Waals surface area contributed by atoms with Gasteiger partial charge in [-0.05, 0) is 35.1 Å². The maximum Gasteiger partial charge on any atom is 0.410 e. The summed E-state index contributed by atoms with van der Waals surface area (Å²) < 4.78 is 5.79. The van der Waals surface area contributed by atoms with Crippen LogP contribution in [0.5, 0.6) is 0 Å². The number of ether oxygens (including phenoxy) is 1. The third-order valence-corrected chi connectivity index (χ3v) is 5.92. The van der Waals surface area contributed by atoms with Crippen molar-refractivity contribution in [3.63, 3.8) is 0 Å². The number of fused-ring (bicyclic) bond motifs is 6. The Morgan fingerprint density at radius 2 is 1.72 bits per heavy atom. The van der Waals surface area contributed by atoms with Gasteiger partial charge >= 0.3 is 6.09 Å². The van der Waals surface area contributed by atoms with E-state index in [9.17, 15) is 4.79 Å². The molecule has 3 fully saturated rings. The molecule has 0 saturated carbocycles. The van der Waals surface area contributed by atoms with Crippen LogP contribution in [0.2, 0.25) is 0 Å². The molecule has 2 aromatic rings. The van der Waals surface area contributed by atoms with E-state index in [1.807, 2.05) is 4.90 Å². The van der Waals surface area contributed by atoms with Gasteiger partial charge in [0.05, 0.1) is 0 Å². The third kappa shape index (κ3) is 2.44. The van der Waals surface area contributed by atoms with Crippen molar-refractivity contribution < 1.29 is 9.53 Å². The number of amides is 1. The lowest BCUT2D eigenvalue weighted by Gasteiger charge is -2.45. The highest BCUT2D eigenvalue weighted by molar-refractivity contribution is 5.79. The molecular formula is C21H22N2O2. The van der Waals surface area contributed by atoms with Gasteiger partial charge in [-0.25, -0.2) is 4.79 Å². The molecule has 0 unspecified atom stereocenters. The lowest BCUT2D eigenvalue weighted by molar-refractivity contribution is 0.0432. The predicted octanol–water partition coefficient (Wildman–Crippen LogP) is 3.37. The molecule has 0 aromatic heterocycles. The third-order valence-electron chi connectivity index (χ3n) is 5.92. The molecule has 25 heavy (non-hydrogen) atoms. The summed E-state index contributed by atoms with van der Waals surface area (Å²) in [7, 11) is 0. The minimum atomic E-state index is -0.155. The van der Waals surface area contributed by atoms with Crippen LogP contribution in [-0.2, 0) is 4.74 Å². The largest absolute Gasteiger partial charge is 0.448 e. The molecule has 4 aliphatic rings. The van der Waals surface area contributed by atoms with E-state index in [4.69, 9.17) is 4.74 Å². The monoisotopic (exact) mass is 334 g/mol. The number of piperazine rings is 1. The number of hydrogen-bond acceptors (Lipinski definition) is 3. The van der Waals surface area contributed by atoms with E-state index < -0.39 is 0 Å². The summed E-state index contributed by atoms with van der Waals surface area (Å²) in [6.07, 6.45) is 2.10. The van der Waals surface area contributed by atoms with Crippen molar-refractivity contribution in [2.45, 2.75) is 30.8 Å². The van der Waals surface area contributed by atoms with Crippen molar-refractivity contribution in [3.8, 4) is 11.1 Å². The molecule has 4 heteroatoms. The molecular weight excluding hydrogens is 312 g/mol.